The number of nitrogens with zero attached hydrogens (tertiary/aromatic N) is 8. The van der Waals surface area contributed by atoms with Gasteiger partial charge in [0.15, 0.2) is 0 Å². The summed E-state index contributed by atoms with van der Waals surface area (Å²) in [5.74, 6) is -1.20. The Morgan fingerprint density at radius 1 is 0.912 bits per heavy atom. The average Bonchev–Trinajstić information content (AvgIpc) is 3.29. The highest BCUT2D eigenvalue weighted by Gasteiger charge is 2.30. The fourth-order valence-corrected chi connectivity index (χ4v) is 3.56. The molecule has 0 saturated carbocycles. The van der Waals surface area contributed by atoms with Crippen molar-refractivity contribution in [3.63, 3.8) is 0 Å². The molecule has 2 saturated heterocycles. The highest BCUT2D eigenvalue weighted by Crippen LogP contribution is 2.24. The molecule has 0 spiro atoms. The van der Waals surface area contributed by atoms with Crippen molar-refractivity contribution in [1.29, 1.82) is 0 Å². The number of rotatable bonds is 6. The maximum Gasteiger partial charge on any atom is 0.396 e. The number of hydrogen-bond acceptors (Lipinski definition) is 8. The summed E-state index contributed by atoms with van der Waals surface area (Å²) in [5.41, 5.74) is 16.3. The van der Waals surface area contributed by atoms with Crippen LogP contribution in [0.2, 0.25) is 0 Å². The number of benzene rings is 1. The third kappa shape index (κ3) is 6.52. The summed E-state index contributed by atoms with van der Waals surface area (Å²) in [7, 11) is -4.06. The lowest BCUT2D eigenvalue weighted by molar-refractivity contribution is -0.139. The van der Waals surface area contributed by atoms with Crippen LogP contribution in [0.5, 0.6) is 0 Å². The molecule has 0 bridgehead atoms. The topological polar surface area (TPSA) is 233 Å². The molecular formula is C17H16N8O8S. The van der Waals surface area contributed by atoms with E-state index in [4.69, 9.17) is 11.1 Å². The van der Waals surface area contributed by atoms with Gasteiger partial charge in [-0.3, -0.25) is 29.0 Å². The van der Waals surface area contributed by atoms with Crippen molar-refractivity contribution in [3.05, 3.63) is 45.2 Å². The Bertz CT molecular complexity index is 1180. The molecule has 2 aliphatic heterocycles. The van der Waals surface area contributed by atoms with Crippen molar-refractivity contribution in [2.75, 3.05) is 18.1 Å². The quantitative estimate of drug-likeness (QED) is 0.245. The number of carbonyl (C=O) groups is 5. The van der Waals surface area contributed by atoms with Gasteiger partial charge in [0.2, 0.25) is 23.6 Å². The molecular weight excluding hydrogens is 476 g/mol. The van der Waals surface area contributed by atoms with E-state index in [0.717, 1.165) is 9.80 Å². The number of imide groups is 2. The third-order valence-corrected chi connectivity index (χ3v) is 5.57. The first-order valence-electron chi connectivity index (χ1n) is 9.43. The number of likely N-dealkylation sites (tertiary alicyclic amines) is 1. The molecule has 0 aliphatic carbocycles. The Balaban J connectivity index is 0.000000248. The summed E-state index contributed by atoms with van der Waals surface area (Å²) in [6.45, 7) is -0.153. The molecule has 1 aromatic carbocycles. The second-order valence-corrected chi connectivity index (χ2v) is 8.09. The van der Waals surface area contributed by atoms with Gasteiger partial charge in [0, 0.05) is 45.1 Å². The first-order chi connectivity index (χ1) is 16.1. The van der Waals surface area contributed by atoms with Crippen LogP contribution in [0.15, 0.2) is 38.8 Å². The minimum Gasteiger partial charge on any atom is -0.459 e. The lowest BCUT2D eigenvalue weighted by Gasteiger charge is -2.13. The second kappa shape index (κ2) is 11.4. The molecule has 17 heteroatoms. The SMILES string of the molecule is [N-]=[N+]=NC(=O)OCCN1C(=O)CCC1=O.[N-]=[N+]=NS(=O)(=O)c1ccc(N2C(=O)CCC2=O)cc1. The largest absolute Gasteiger partial charge is 0.459 e. The van der Waals surface area contributed by atoms with E-state index in [1.807, 2.05) is 0 Å². The molecule has 34 heavy (non-hydrogen) atoms. The zero-order valence-corrected chi connectivity index (χ0v) is 18.1. The lowest BCUT2D eigenvalue weighted by atomic mass is 10.3. The highest BCUT2D eigenvalue weighted by atomic mass is 32.2. The van der Waals surface area contributed by atoms with Crippen molar-refractivity contribution in [2.24, 2.45) is 9.63 Å². The molecule has 16 nitrogen and oxygen atoms in total. The van der Waals surface area contributed by atoms with E-state index >= 15 is 0 Å². The Labute approximate surface area is 191 Å². The monoisotopic (exact) mass is 492 g/mol. The van der Waals surface area contributed by atoms with Crippen molar-refractivity contribution >= 4 is 45.4 Å². The fraction of sp³-hybridized carbons (Fsp3) is 0.353. The maximum atomic E-state index is 11.5. The zero-order chi connectivity index (χ0) is 25.3. The van der Waals surface area contributed by atoms with Crippen molar-refractivity contribution in [3.8, 4) is 0 Å². The summed E-state index contributed by atoms with van der Waals surface area (Å²) < 4.78 is 30.0. The molecule has 178 valence electrons. The van der Waals surface area contributed by atoms with Gasteiger partial charge in [-0.2, -0.15) is 0 Å². The Morgan fingerprint density at radius 3 is 1.94 bits per heavy atom. The van der Waals surface area contributed by atoms with Crippen LogP contribution in [-0.2, 0) is 33.9 Å². The van der Waals surface area contributed by atoms with Gasteiger partial charge in [0.25, 0.3) is 10.0 Å². The fourth-order valence-electron chi connectivity index (χ4n) is 2.89. The molecule has 1 aromatic rings. The molecule has 0 atom stereocenters. The average molecular weight is 492 g/mol. The Hall–Kier alpha value is -4.46. The zero-order valence-electron chi connectivity index (χ0n) is 17.3. The third-order valence-electron chi connectivity index (χ3n) is 4.41. The first-order valence-corrected chi connectivity index (χ1v) is 10.9. The van der Waals surface area contributed by atoms with E-state index in [1.54, 1.807) is 0 Å². The normalized spacial score (nSPS) is 15.3. The summed E-state index contributed by atoms with van der Waals surface area (Å²) in [6.07, 6.45) is -0.377. The Kier molecular flexibility index (Phi) is 8.66. The van der Waals surface area contributed by atoms with E-state index in [2.05, 4.69) is 24.2 Å². The predicted molar refractivity (Wildman–Crippen MR) is 111 cm³/mol. The Morgan fingerprint density at radius 2 is 1.44 bits per heavy atom. The van der Waals surface area contributed by atoms with Gasteiger partial charge in [0.1, 0.15) is 6.61 Å². The lowest BCUT2D eigenvalue weighted by Crippen LogP contribution is -2.32. The number of azide groups is 2. The maximum absolute atomic E-state index is 11.5. The van der Waals surface area contributed by atoms with Gasteiger partial charge in [-0.1, -0.05) is 0 Å². The van der Waals surface area contributed by atoms with Gasteiger partial charge < -0.3 is 4.74 Å². The number of anilines is 1. The molecule has 2 aliphatic rings. The second-order valence-electron chi connectivity index (χ2n) is 6.51. The predicted octanol–water partition coefficient (Wildman–Crippen LogP) is 1.92. The molecule has 5 amide bonds. The van der Waals surface area contributed by atoms with Gasteiger partial charge in [0.05, 0.1) is 17.1 Å². The van der Waals surface area contributed by atoms with Gasteiger partial charge in [-0.25, -0.2) is 13.2 Å². The van der Waals surface area contributed by atoms with Gasteiger partial charge >= 0.3 is 6.09 Å². The molecule has 2 fully saturated rings. The molecule has 2 heterocycles. The van der Waals surface area contributed by atoms with Crippen molar-refractivity contribution in [2.45, 2.75) is 30.6 Å². The van der Waals surface area contributed by atoms with E-state index in [0.29, 0.717) is 5.69 Å². The molecule has 0 N–H and O–H groups in total. The summed E-state index contributed by atoms with van der Waals surface area (Å²) >= 11 is 0. The number of ether oxygens (including phenoxy) is 1. The van der Waals surface area contributed by atoms with Gasteiger partial charge in [-0.05, 0) is 35.3 Å². The number of carbonyl (C=O) groups excluding carboxylic acids is 5. The number of sulfonamides is 1. The molecule has 0 unspecified atom stereocenters. The first kappa shape index (κ1) is 25.8. The van der Waals surface area contributed by atoms with Crippen LogP contribution in [0, 0.1) is 0 Å². The van der Waals surface area contributed by atoms with Crippen LogP contribution in [0.4, 0.5) is 10.5 Å². The number of hydrogen-bond donors (Lipinski definition) is 0. The van der Waals surface area contributed by atoms with E-state index < -0.39 is 16.1 Å². The highest BCUT2D eigenvalue weighted by molar-refractivity contribution is 7.90. The molecule has 3 rings (SSSR count). The number of amides is 5. The minimum atomic E-state index is -4.06. The summed E-state index contributed by atoms with van der Waals surface area (Å²) in [5, 5.41) is 2.66. The van der Waals surface area contributed by atoms with Crippen molar-refractivity contribution in [1.82, 2.24) is 4.90 Å². The summed E-state index contributed by atoms with van der Waals surface area (Å²) in [6, 6.07) is 5.00. The minimum absolute atomic E-state index is 0.00432. The molecule has 0 aromatic heterocycles. The van der Waals surface area contributed by atoms with Crippen LogP contribution in [0.1, 0.15) is 25.7 Å². The van der Waals surface area contributed by atoms with Crippen LogP contribution in [-0.4, -0.2) is 56.2 Å². The van der Waals surface area contributed by atoms with Gasteiger partial charge in [-0.15, -0.1) is 0 Å². The van der Waals surface area contributed by atoms with Crippen molar-refractivity contribution < 1.29 is 37.1 Å². The van der Waals surface area contributed by atoms with E-state index in [-0.39, 0.29) is 67.4 Å². The van der Waals surface area contributed by atoms with Crippen LogP contribution in [0.3, 0.4) is 0 Å². The van der Waals surface area contributed by atoms with E-state index in [9.17, 15) is 32.4 Å². The molecule has 0 radical (unpaired) electrons. The van der Waals surface area contributed by atoms with Crippen LogP contribution >= 0.6 is 0 Å². The summed E-state index contributed by atoms with van der Waals surface area (Å²) in [4.78, 5) is 61.9. The smallest absolute Gasteiger partial charge is 0.396 e. The van der Waals surface area contributed by atoms with Crippen LogP contribution in [0.25, 0.3) is 20.9 Å². The van der Waals surface area contributed by atoms with Crippen LogP contribution < -0.4 is 4.90 Å². The van der Waals surface area contributed by atoms with E-state index in [1.165, 1.54) is 24.3 Å². The standard InChI is InChI=1S/C10H8N4O4S.C7H8N4O4/c11-12-13-19(17,18)8-3-1-7(2-4-8)14-9(15)5-6-10(14)16;8-10-9-7(14)15-4-3-11-5(12)1-2-6(11)13/h1-4H,5-6H2;1-4H2.